The zero-order chi connectivity index (χ0) is 26.5. The summed E-state index contributed by atoms with van der Waals surface area (Å²) in [5.74, 6) is 0. The third-order valence-electron chi connectivity index (χ3n) is 7.32. The van der Waals surface area contributed by atoms with E-state index in [2.05, 4.69) is 157 Å². The predicted molar refractivity (Wildman–Crippen MR) is 174 cm³/mol. The molecule has 0 N–H and O–H groups in total. The molecule has 0 aliphatic carbocycles. The van der Waals surface area contributed by atoms with Gasteiger partial charge in [0.1, 0.15) is 0 Å². The largest absolute Gasteiger partial charge is 0.306 e. The summed E-state index contributed by atoms with van der Waals surface area (Å²) in [4.78, 5) is 10.3. The zero-order valence-corrected chi connectivity index (χ0v) is 24.6. The lowest BCUT2D eigenvalue weighted by Gasteiger charge is -2.33. The van der Waals surface area contributed by atoms with Gasteiger partial charge in [-0.1, -0.05) is 84.1 Å². The number of hydrogen-bond acceptors (Lipinski definition) is 3. The van der Waals surface area contributed by atoms with Gasteiger partial charge < -0.3 is 4.90 Å². The van der Waals surface area contributed by atoms with Crippen LogP contribution in [-0.2, 0) is 0 Å². The van der Waals surface area contributed by atoms with Crippen LogP contribution in [0.3, 0.4) is 0 Å². The van der Waals surface area contributed by atoms with Gasteiger partial charge in [-0.3, -0.25) is 0 Å². The number of halogens is 1. The fourth-order valence-corrected chi connectivity index (χ4v) is 6.79. The molecule has 2 heterocycles. The highest BCUT2D eigenvalue weighted by Gasteiger charge is 2.27. The minimum Gasteiger partial charge on any atom is -0.306 e. The number of rotatable bonds is 3. The van der Waals surface area contributed by atoms with Gasteiger partial charge in [0.05, 0.1) is 28.3 Å². The predicted octanol–water partition coefficient (Wildman–Crippen LogP) is 10.7. The fourth-order valence-electron chi connectivity index (χ4n) is 5.37. The molecule has 0 bridgehead atoms. The first-order valence-electron chi connectivity index (χ1n) is 13.0. The Balaban J connectivity index is 1.57. The Kier molecular flexibility index (Phi) is 6.17. The second kappa shape index (κ2) is 9.85. The van der Waals surface area contributed by atoms with E-state index in [-0.39, 0.29) is 0 Å². The van der Waals surface area contributed by atoms with E-state index in [0.717, 1.165) is 22.5 Å². The van der Waals surface area contributed by atoms with Crippen LogP contribution in [0.5, 0.6) is 0 Å². The van der Waals surface area contributed by atoms with Crippen LogP contribution in [0.15, 0.2) is 125 Å². The molecule has 0 saturated carbocycles. The SMILES string of the molecule is Cc1ccc(-c2cc(-c3ccc(I)cc3)nc3c(N4c5ccccc5Sc5ccccc54)ccc(C)c23)cc1. The third-order valence-corrected chi connectivity index (χ3v) is 9.17. The van der Waals surface area contributed by atoms with E-state index < -0.39 is 0 Å². The molecule has 0 atom stereocenters. The highest BCUT2D eigenvalue weighted by molar-refractivity contribution is 14.1. The summed E-state index contributed by atoms with van der Waals surface area (Å²) >= 11 is 4.19. The molecule has 39 heavy (non-hydrogen) atoms. The van der Waals surface area contributed by atoms with Gasteiger partial charge in [-0.25, -0.2) is 4.98 Å². The van der Waals surface area contributed by atoms with Crippen LogP contribution in [-0.4, -0.2) is 4.98 Å². The number of benzene rings is 5. The highest BCUT2D eigenvalue weighted by Crippen LogP contribution is 2.53. The van der Waals surface area contributed by atoms with Crippen molar-refractivity contribution in [2.75, 3.05) is 4.90 Å². The van der Waals surface area contributed by atoms with Gasteiger partial charge in [-0.2, -0.15) is 0 Å². The minimum absolute atomic E-state index is 0.981. The van der Waals surface area contributed by atoms with E-state index in [9.17, 15) is 0 Å². The van der Waals surface area contributed by atoms with Gasteiger partial charge in [0, 0.05) is 24.3 Å². The molecule has 0 saturated heterocycles. The summed E-state index contributed by atoms with van der Waals surface area (Å²) in [6, 6.07) is 41.6. The maximum absolute atomic E-state index is 5.41. The Morgan fingerprint density at radius 1 is 0.641 bits per heavy atom. The molecule has 0 fully saturated rings. The lowest BCUT2D eigenvalue weighted by atomic mass is 9.94. The molecule has 1 aliphatic rings. The van der Waals surface area contributed by atoms with Crippen LogP contribution in [0.1, 0.15) is 11.1 Å². The number of para-hydroxylation sites is 2. The lowest BCUT2D eigenvalue weighted by molar-refractivity contribution is 1.17. The summed E-state index contributed by atoms with van der Waals surface area (Å²) in [7, 11) is 0. The Morgan fingerprint density at radius 2 is 1.26 bits per heavy atom. The van der Waals surface area contributed by atoms with Crippen LogP contribution < -0.4 is 4.90 Å². The number of aryl methyl sites for hydroxylation is 2. The number of aromatic nitrogens is 1. The zero-order valence-electron chi connectivity index (χ0n) is 21.7. The summed E-state index contributed by atoms with van der Waals surface area (Å²) in [6.07, 6.45) is 0. The van der Waals surface area contributed by atoms with E-state index in [1.807, 2.05) is 11.8 Å². The minimum atomic E-state index is 0.981. The molecule has 5 aromatic carbocycles. The highest BCUT2D eigenvalue weighted by atomic mass is 127. The van der Waals surface area contributed by atoms with Crippen LogP contribution in [0.25, 0.3) is 33.3 Å². The summed E-state index contributed by atoms with van der Waals surface area (Å²) in [5.41, 5.74) is 11.5. The van der Waals surface area contributed by atoms with Gasteiger partial charge in [0.25, 0.3) is 0 Å². The monoisotopic (exact) mass is 632 g/mol. The lowest BCUT2D eigenvalue weighted by Crippen LogP contribution is -2.15. The summed E-state index contributed by atoms with van der Waals surface area (Å²) in [5, 5.41) is 1.19. The van der Waals surface area contributed by atoms with Crippen LogP contribution >= 0.6 is 34.4 Å². The number of hydrogen-bond donors (Lipinski definition) is 0. The van der Waals surface area contributed by atoms with Crippen LogP contribution in [0.2, 0.25) is 0 Å². The molecule has 2 nitrogen and oxygen atoms in total. The summed E-state index contributed by atoms with van der Waals surface area (Å²) < 4.78 is 1.21. The Labute approximate surface area is 246 Å². The molecular formula is C35H25IN2S. The Hall–Kier alpha value is -3.61. The second-order valence-corrected chi connectivity index (χ2v) is 12.3. The van der Waals surface area contributed by atoms with Crippen molar-refractivity contribution in [1.29, 1.82) is 0 Å². The fraction of sp³-hybridized carbons (Fsp3) is 0.0571. The van der Waals surface area contributed by atoms with Crippen molar-refractivity contribution < 1.29 is 0 Å². The number of fused-ring (bicyclic) bond motifs is 3. The van der Waals surface area contributed by atoms with Gasteiger partial charge in [-0.05, 0) is 102 Å². The standard InChI is InChI=1S/C35H25IN2S/c1-22-11-14-24(15-12-22)27-21-28(25-16-18-26(36)19-17-25)37-35-31(20-13-23(2)34(27)35)38-29-7-3-5-9-32(29)39-33-10-6-4-8-30(33)38/h3-21H,1-2H3. The molecule has 0 unspecified atom stereocenters. The topological polar surface area (TPSA) is 16.1 Å². The van der Waals surface area contributed by atoms with Gasteiger partial charge in [-0.15, -0.1) is 0 Å². The van der Waals surface area contributed by atoms with Crippen molar-refractivity contribution in [3.05, 3.63) is 130 Å². The van der Waals surface area contributed by atoms with E-state index in [1.54, 1.807) is 0 Å². The van der Waals surface area contributed by atoms with Crippen molar-refractivity contribution in [3.8, 4) is 22.4 Å². The van der Waals surface area contributed by atoms with Crippen LogP contribution in [0, 0.1) is 17.4 Å². The van der Waals surface area contributed by atoms with E-state index >= 15 is 0 Å². The van der Waals surface area contributed by atoms with Gasteiger partial charge in [0.2, 0.25) is 0 Å². The average molecular weight is 633 g/mol. The molecule has 4 heteroatoms. The maximum atomic E-state index is 5.41. The molecule has 0 spiro atoms. The molecule has 1 aromatic heterocycles. The summed E-state index contributed by atoms with van der Waals surface area (Å²) in [6.45, 7) is 4.34. The smallest absolute Gasteiger partial charge is 0.0958 e. The number of nitrogens with zero attached hydrogens (tertiary/aromatic N) is 2. The molecule has 1 aliphatic heterocycles. The molecule has 7 rings (SSSR count). The third kappa shape index (κ3) is 4.32. The van der Waals surface area contributed by atoms with Crippen molar-refractivity contribution in [2.24, 2.45) is 0 Å². The van der Waals surface area contributed by atoms with Crippen molar-refractivity contribution in [2.45, 2.75) is 23.6 Å². The Bertz CT molecular complexity index is 1810. The average Bonchev–Trinajstić information content (AvgIpc) is 2.97. The quantitative estimate of drug-likeness (QED) is 0.180. The normalized spacial score (nSPS) is 12.3. The molecule has 0 radical (unpaired) electrons. The van der Waals surface area contributed by atoms with Crippen LogP contribution in [0.4, 0.5) is 17.1 Å². The molecule has 6 aromatic rings. The first kappa shape index (κ1) is 24.4. The van der Waals surface area contributed by atoms with E-state index in [4.69, 9.17) is 4.98 Å². The number of anilines is 3. The van der Waals surface area contributed by atoms with Crippen molar-refractivity contribution in [1.82, 2.24) is 4.98 Å². The van der Waals surface area contributed by atoms with E-state index in [1.165, 1.54) is 52.4 Å². The maximum Gasteiger partial charge on any atom is 0.0958 e. The molecular weight excluding hydrogens is 607 g/mol. The second-order valence-electron chi connectivity index (χ2n) is 9.93. The molecule has 188 valence electrons. The van der Waals surface area contributed by atoms with Crippen molar-refractivity contribution in [3.63, 3.8) is 0 Å². The molecule has 0 amide bonds. The van der Waals surface area contributed by atoms with Gasteiger partial charge >= 0.3 is 0 Å². The Morgan fingerprint density at radius 3 is 1.92 bits per heavy atom. The first-order valence-corrected chi connectivity index (χ1v) is 14.9. The van der Waals surface area contributed by atoms with Gasteiger partial charge in [0.15, 0.2) is 0 Å². The van der Waals surface area contributed by atoms with E-state index in [0.29, 0.717) is 0 Å². The van der Waals surface area contributed by atoms with Crippen molar-refractivity contribution >= 4 is 62.3 Å². The first-order chi connectivity index (χ1) is 19.1. The number of pyridine rings is 1.